The predicted molar refractivity (Wildman–Crippen MR) is 151 cm³/mol. The van der Waals surface area contributed by atoms with Crippen LogP contribution in [0.15, 0.2) is 97.2 Å². The zero-order valence-electron chi connectivity index (χ0n) is 22.0. The van der Waals surface area contributed by atoms with Crippen molar-refractivity contribution in [3.63, 3.8) is 0 Å². The van der Waals surface area contributed by atoms with E-state index in [4.69, 9.17) is 5.10 Å². The fraction of sp³-hybridized carbons (Fsp3) is 0.161. The van der Waals surface area contributed by atoms with Gasteiger partial charge in [-0.15, -0.1) is 0 Å². The third-order valence-corrected chi connectivity index (χ3v) is 7.15. The molecule has 1 aliphatic heterocycles. The highest BCUT2D eigenvalue weighted by Crippen LogP contribution is 2.39. The number of hydrogen-bond donors (Lipinski definition) is 1. The van der Waals surface area contributed by atoms with Crippen LogP contribution in [0, 0.1) is 12.7 Å². The largest absolute Gasteiger partial charge is 0.378 e. The molecule has 0 spiro atoms. The van der Waals surface area contributed by atoms with Gasteiger partial charge in [0.25, 0.3) is 0 Å². The Kier molecular flexibility index (Phi) is 6.15. The zero-order valence-corrected chi connectivity index (χ0v) is 22.0. The van der Waals surface area contributed by atoms with Crippen LogP contribution in [0.4, 0.5) is 20.6 Å². The number of amides is 2. The molecule has 0 saturated carbocycles. The minimum Gasteiger partial charge on any atom is -0.378 e. The molecule has 0 saturated heterocycles. The smallest absolute Gasteiger partial charge is 0.322 e. The lowest BCUT2D eigenvalue weighted by Gasteiger charge is -2.31. The molecular weight excluding hydrogens is 491 g/mol. The molecule has 8 heteroatoms. The van der Waals surface area contributed by atoms with Gasteiger partial charge in [-0.3, -0.25) is 0 Å². The highest BCUT2D eigenvalue weighted by atomic mass is 19.1. The van der Waals surface area contributed by atoms with Crippen LogP contribution >= 0.6 is 0 Å². The lowest BCUT2D eigenvalue weighted by Crippen LogP contribution is -2.38. The van der Waals surface area contributed by atoms with Crippen LogP contribution in [-0.2, 0) is 6.54 Å². The number of rotatable bonds is 4. The number of nitrogens with zero attached hydrogens (tertiary/aromatic N) is 5. The number of hydrogen-bond acceptors (Lipinski definition) is 3. The number of nitrogens with one attached hydrogen (secondary N) is 1. The second kappa shape index (κ2) is 9.79. The van der Waals surface area contributed by atoms with Crippen LogP contribution in [0.25, 0.3) is 11.5 Å². The van der Waals surface area contributed by atoms with E-state index in [9.17, 15) is 9.18 Å². The summed E-state index contributed by atoms with van der Waals surface area (Å²) >= 11 is 0. The summed E-state index contributed by atoms with van der Waals surface area (Å²) < 4.78 is 18.0. The van der Waals surface area contributed by atoms with Crippen LogP contribution in [0.1, 0.15) is 28.6 Å². The molecule has 1 aliphatic rings. The number of aromatic nitrogens is 3. The third kappa shape index (κ3) is 4.44. The van der Waals surface area contributed by atoms with Crippen molar-refractivity contribution < 1.29 is 9.18 Å². The molecule has 2 aromatic heterocycles. The van der Waals surface area contributed by atoms with E-state index in [0.29, 0.717) is 12.2 Å². The van der Waals surface area contributed by atoms with Gasteiger partial charge < -0.3 is 19.7 Å². The Morgan fingerprint density at radius 3 is 2.46 bits per heavy atom. The summed E-state index contributed by atoms with van der Waals surface area (Å²) in [6, 6.07) is 27.5. The molecular formula is C31H29FN6O. The number of carbonyl (C=O) groups excluding carboxylic acids is 1. The van der Waals surface area contributed by atoms with Crippen molar-refractivity contribution in [3.8, 4) is 11.5 Å². The van der Waals surface area contributed by atoms with Gasteiger partial charge in [0.05, 0.1) is 29.7 Å². The first-order valence-corrected chi connectivity index (χ1v) is 12.8. The van der Waals surface area contributed by atoms with Crippen molar-refractivity contribution in [2.45, 2.75) is 19.5 Å². The fourth-order valence-corrected chi connectivity index (χ4v) is 5.22. The maximum absolute atomic E-state index is 14.0. The average molecular weight is 521 g/mol. The summed E-state index contributed by atoms with van der Waals surface area (Å²) in [5.41, 5.74) is 6.08. The van der Waals surface area contributed by atoms with E-state index in [2.05, 4.69) is 34.1 Å². The molecule has 3 aromatic carbocycles. The third-order valence-electron chi connectivity index (χ3n) is 7.15. The zero-order chi connectivity index (χ0) is 27.1. The number of benzene rings is 3. The first-order chi connectivity index (χ1) is 18.9. The molecule has 0 fully saturated rings. The highest BCUT2D eigenvalue weighted by molar-refractivity contribution is 5.90. The van der Waals surface area contributed by atoms with Crippen LogP contribution in [0.5, 0.6) is 0 Å². The molecule has 6 rings (SSSR count). The van der Waals surface area contributed by atoms with Crippen LogP contribution in [0.2, 0.25) is 0 Å². The van der Waals surface area contributed by atoms with Gasteiger partial charge in [-0.2, -0.15) is 5.10 Å². The monoisotopic (exact) mass is 520 g/mol. The van der Waals surface area contributed by atoms with E-state index in [0.717, 1.165) is 39.7 Å². The summed E-state index contributed by atoms with van der Waals surface area (Å²) in [5.74, 6) is 0.491. The Hall–Kier alpha value is -4.85. The minimum absolute atomic E-state index is 0.316. The molecule has 5 aromatic rings. The molecule has 0 unspecified atom stereocenters. The molecule has 2 amide bonds. The number of para-hydroxylation sites is 1. The molecule has 7 nitrogen and oxygen atoms in total. The first kappa shape index (κ1) is 24.5. The number of aryl methyl sites for hydroxylation is 1. The summed E-state index contributed by atoms with van der Waals surface area (Å²) in [5, 5.41) is 7.81. The van der Waals surface area contributed by atoms with Crippen molar-refractivity contribution >= 4 is 17.4 Å². The Morgan fingerprint density at radius 1 is 0.974 bits per heavy atom. The van der Waals surface area contributed by atoms with E-state index < -0.39 is 11.9 Å². The van der Waals surface area contributed by atoms with Crippen molar-refractivity contribution in [1.82, 2.24) is 19.2 Å². The predicted octanol–water partition coefficient (Wildman–Crippen LogP) is 6.31. The fourth-order valence-electron chi connectivity index (χ4n) is 5.22. The normalized spacial score (nSPS) is 14.4. The number of anilines is 2. The van der Waals surface area contributed by atoms with Gasteiger partial charge in [0.15, 0.2) is 0 Å². The molecule has 196 valence electrons. The van der Waals surface area contributed by atoms with Crippen LogP contribution in [-0.4, -0.2) is 39.4 Å². The van der Waals surface area contributed by atoms with E-state index >= 15 is 0 Å². The Balaban J connectivity index is 1.52. The quantitative estimate of drug-likeness (QED) is 0.302. The first-order valence-electron chi connectivity index (χ1n) is 12.8. The maximum Gasteiger partial charge on any atom is 0.322 e. The van der Waals surface area contributed by atoms with Gasteiger partial charge in [-0.05, 0) is 67.1 Å². The second-order valence-electron chi connectivity index (χ2n) is 9.89. The Labute approximate surface area is 226 Å². The average Bonchev–Trinajstić information content (AvgIpc) is 3.49. The number of urea groups is 1. The molecule has 39 heavy (non-hydrogen) atoms. The lowest BCUT2D eigenvalue weighted by molar-refractivity contribution is 0.194. The lowest BCUT2D eigenvalue weighted by atomic mass is 10.0. The molecule has 1 N–H and O–H groups in total. The minimum atomic E-state index is -0.407. The maximum atomic E-state index is 14.0. The standard InChI is InChI=1S/C31H29FN6O/c1-21-27-20-37(31(39)33-24-10-7-9-23(32)19-24)29(22-14-16-25(17-15-22)35(2)3)28-13-8-18-36(28)30(27)38(34-21)26-11-5-4-6-12-26/h4-19,29H,20H2,1-3H3,(H,33,39)/t29-/m0/s1. The van der Waals surface area contributed by atoms with E-state index in [1.54, 1.807) is 17.0 Å². The van der Waals surface area contributed by atoms with Crippen LogP contribution < -0.4 is 10.2 Å². The molecule has 0 radical (unpaired) electrons. The van der Waals surface area contributed by atoms with Crippen molar-refractivity contribution in [3.05, 3.63) is 126 Å². The molecule has 0 aliphatic carbocycles. The molecule has 0 bridgehead atoms. The van der Waals surface area contributed by atoms with Gasteiger partial charge in [0.2, 0.25) is 0 Å². The van der Waals surface area contributed by atoms with E-state index in [-0.39, 0.29) is 6.03 Å². The van der Waals surface area contributed by atoms with Crippen molar-refractivity contribution in [2.75, 3.05) is 24.3 Å². The van der Waals surface area contributed by atoms with Gasteiger partial charge in [0.1, 0.15) is 11.6 Å². The number of halogens is 1. The Bertz CT molecular complexity index is 1640. The topological polar surface area (TPSA) is 58.3 Å². The van der Waals surface area contributed by atoms with Crippen LogP contribution in [0.3, 0.4) is 0 Å². The van der Waals surface area contributed by atoms with Gasteiger partial charge in [-0.1, -0.05) is 36.4 Å². The van der Waals surface area contributed by atoms with Crippen molar-refractivity contribution in [1.29, 1.82) is 0 Å². The van der Waals surface area contributed by atoms with E-state index in [1.165, 1.54) is 12.1 Å². The highest BCUT2D eigenvalue weighted by Gasteiger charge is 2.36. The summed E-state index contributed by atoms with van der Waals surface area (Å²) in [6.07, 6.45) is 2.02. The molecule has 3 heterocycles. The van der Waals surface area contributed by atoms with Crippen molar-refractivity contribution in [2.24, 2.45) is 0 Å². The van der Waals surface area contributed by atoms with Gasteiger partial charge in [0, 0.05) is 37.2 Å². The van der Waals surface area contributed by atoms with Gasteiger partial charge in [-0.25, -0.2) is 13.9 Å². The number of fused-ring (bicyclic) bond motifs is 3. The molecule has 1 atom stereocenters. The summed E-state index contributed by atoms with van der Waals surface area (Å²) in [4.78, 5) is 17.8. The second-order valence-corrected chi connectivity index (χ2v) is 9.89. The van der Waals surface area contributed by atoms with Gasteiger partial charge >= 0.3 is 6.03 Å². The SMILES string of the molecule is Cc1nn(-c2ccccc2)c2c1CN(C(=O)Nc1cccc(F)c1)[C@@H](c1ccc(N(C)C)cc1)c1cccn1-2. The Morgan fingerprint density at radius 2 is 1.74 bits per heavy atom. The number of carbonyl (C=O) groups is 1. The summed E-state index contributed by atoms with van der Waals surface area (Å²) in [6.45, 7) is 2.28. The van der Waals surface area contributed by atoms with E-state index in [1.807, 2.05) is 79.3 Å². The summed E-state index contributed by atoms with van der Waals surface area (Å²) in [7, 11) is 4.00.